The molecular weight excluding hydrogens is 464 g/mol. The van der Waals surface area contributed by atoms with Crippen molar-refractivity contribution in [1.82, 2.24) is 0 Å². The summed E-state index contributed by atoms with van der Waals surface area (Å²) in [4.78, 5) is 40.4. The summed E-state index contributed by atoms with van der Waals surface area (Å²) in [7, 11) is 0. The van der Waals surface area contributed by atoms with Gasteiger partial charge in [-0.05, 0) is 24.7 Å². The van der Waals surface area contributed by atoms with Crippen molar-refractivity contribution in [2.45, 2.75) is 80.1 Å². The van der Waals surface area contributed by atoms with Crippen LogP contribution in [0.5, 0.6) is 0 Å². The quantitative estimate of drug-likeness (QED) is 0.319. The minimum absolute atomic E-state index is 0. The Bertz CT molecular complexity index is 376. The van der Waals surface area contributed by atoms with Crippen LogP contribution in [0.2, 0.25) is 0 Å². The number of carboxylic acids is 2. The van der Waals surface area contributed by atoms with Crippen molar-refractivity contribution in [3.63, 3.8) is 0 Å². The van der Waals surface area contributed by atoms with Crippen LogP contribution < -0.4 is 10.2 Å². The minimum Gasteiger partial charge on any atom is -0.550 e. The molecule has 0 atom stereocenters. The number of ketones is 2. The van der Waals surface area contributed by atoms with Gasteiger partial charge < -0.3 is 30.0 Å². The van der Waals surface area contributed by atoms with Gasteiger partial charge in [-0.3, -0.25) is 9.59 Å². The SMILES string of the molecule is CC(C)CO.CC(C)CO.CCCC(=O)CC(=O)[O-].CCCC(=O)CC(=O)[O-].[Ti].[Ti]. The molecule has 0 aromatic carbocycles. The third kappa shape index (κ3) is 63.0. The molecule has 0 aromatic rings. The van der Waals surface area contributed by atoms with Gasteiger partial charge in [-0.1, -0.05) is 41.5 Å². The third-order valence-electron chi connectivity index (χ3n) is 2.47. The summed E-state index contributed by atoms with van der Waals surface area (Å²) in [6.45, 7) is 12.2. The average Bonchev–Trinajstić information content (AvgIpc) is 2.55. The number of carbonyl (C=O) groups excluding carboxylic acids is 4. The molecule has 2 N–H and O–H groups in total. The number of carboxylic acid groups (broad SMARTS) is 2. The summed E-state index contributed by atoms with van der Waals surface area (Å²) in [5.41, 5.74) is 0. The topological polar surface area (TPSA) is 155 Å². The normalized spacial score (nSPS) is 8.60. The number of hydrogen-bond acceptors (Lipinski definition) is 8. The fraction of sp³-hybridized carbons (Fsp3) is 0.800. The van der Waals surface area contributed by atoms with E-state index < -0.39 is 24.8 Å². The van der Waals surface area contributed by atoms with Gasteiger partial charge in [0.05, 0.1) is 0 Å². The molecule has 0 fully saturated rings. The van der Waals surface area contributed by atoms with Crippen LogP contribution in [0.3, 0.4) is 0 Å². The van der Waals surface area contributed by atoms with Gasteiger partial charge in [0.2, 0.25) is 0 Å². The molecule has 0 radical (unpaired) electrons. The maximum atomic E-state index is 10.4. The summed E-state index contributed by atoms with van der Waals surface area (Å²) in [5.74, 6) is -2.19. The van der Waals surface area contributed by atoms with E-state index in [1.807, 2.05) is 41.5 Å². The Morgan fingerprint density at radius 3 is 0.967 bits per heavy atom. The molecule has 0 saturated carbocycles. The zero-order chi connectivity index (χ0) is 23.1. The van der Waals surface area contributed by atoms with E-state index in [0.717, 1.165) is 0 Å². The molecule has 0 aliphatic rings. The molecule has 0 saturated heterocycles. The van der Waals surface area contributed by atoms with Crippen molar-refractivity contribution in [3.05, 3.63) is 0 Å². The predicted molar refractivity (Wildman–Crippen MR) is 103 cm³/mol. The van der Waals surface area contributed by atoms with Crippen molar-refractivity contribution in [2.24, 2.45) is 11.8 Å². The minimum atomic E-state index is -1.28. The number of aliphatic carboxylic acids is 2. The van der Waals surface area contributed by atoms with E-state index in [4.69, 9.17) is 10.2 Å². The van der Waals surface area contributed by atoms with Crippen molar-refractivity contribution in [3.8, 4) is 0 Å². The second kappa shape index (κ2) is 33.3. The smallest absolute Gasteiger partial charge is 0.138 e. The molecule has 0 unspecified atom stereocenters. The van der Waals surface area contributed by atoms with Crippen molar-refractivity contribution in [1.29, 1.82) is 0 Å². The summed E-state index contributed by atoms with van der Waals surface area (Å²) in [5, 5.41) is 35.8. The van der Waals surface area contributed by atoms with Crippen LogP contribution in [0.4, 0.5) is 0 Å². The molecule has 10 heteroatoms. The largest absolute Gasteiger partial charge is 0.550 e. The van der Waals surface area contributed by atoms with Gasteiger partial charge >= 0.3 is 0 Å². The first-order valence-corrected chi connectivity index (χ1v) is 9.52. The van der Waals surface area contributed by atoms with Crippen molar-refractivity contribution >= 4 is 23.5 Å². The number of rotatable bonds is 10. The molecule has 0 bridgehead atoms. The van der Waals surface area contributed by atoms with Gasteiger partial charge in [0, 0.05) is 94.3 Å². The van der Waals surface area contributed by atoms with E-state index in [1.54, 1.807) is 0 Å². The first-order chi connectivity index (χ1) is 12.9. The van der Waals surface area contributed by atoms with E-state index in [9.17, 15) is 29.4 Å². The molecule has 176 valence electrons. The molecule has 0 spiro atoms. The Kier molecular flexibility index (Phi) is 48.2. The Hall–Kier alpha value is -0.371. The monoisotopic (exact) mass is 502 g/mol. The maximum absolute atomic E-state index is 10.4. The Morgan fingerprint density at radius 2 is 0.867 bits per heavy atom. The predicted octanol–water partition coefficient (Wildman–Crippen LogP) is 0.256. The van der Waals surface area contributed by atoms with Crippen LogP contribution in [-0.4, -0.2) is 46.9 Å². The first kappa shape index (κ1) is 43.5. The summed E-state index contributed by atoms with van der Waals surface area (Å²) >= 11 is 0. The van der Waals surface area contributed by atoms with Gasteiger partial charge in [0.25, 0.3) is 0 Å². The fourth-order valence-corrected chi connectivity index (χ4v) is 1.06. The Morgan fingerprint density at radius 1 is 0.667 bits per heavy atom. The maximum Gasteiger partial charge on any atom is 0.138 e. The molecule has 30 heavy (non-hydrogen) atoms. The van der Waals surface area contributed by atoms with Gasteiger partial charge in [0.1, 0.15) is 11.6 Å². The fourth-order valence-electron chi connectivity index (χ4n) is 1.06. The number of hydrogen-bond donors (Lipinski definition) is 2. The number of carbonyl (C=O) groups is 4. The van der Waals surface area contributed by atoms with Gasteiger partial charge in [-0.25, -0.2) is 0 Å². The second-order valence-electron chi connectivity index (χ2n) is 6.83. The summed E-state index contributed by atoms with van der Waals surface area (Å²) in [6.07, 6.45) is 1.21. The molecule has 8 nitrogen and oxygen atoms in total. The van der Waals surface area contributed by atoms with E-state index in [1.165, 1.54) is 0 Å². The molecule has 0 aromatic heterocycles. The Balaban J connectivity index is -0.0000000649. The van der Waals surface area contributed by atoms with E-state index >= 15 is 0 Å². The van der Waals surface area contributed by atoms with Gasteiger partial charge in [-0.2, -0.15) is 0 Å². The van der Waals surface area contributed by atoms with Gasteiger partial charge in [0.15, 0.2) is 0 Å². The van der Waals surface area contributed by atoms with E-state index in [2.05, 4.69) is 0 Å². The van der Waals surface area contributed by atoms with Crippen LogP contribution in [0.15, 0.2) is 0 Å². The number of aliphatic hydroxyl groups excluding tert-OH is 2. The second-order valence-corrected chi connectivity index (χ2v) is 6.83. The average molecular weight is 502 g/mol. The number of aliphatic hydroxyl groups is 2. The zero-order valence-electron chi connectivity index (χ0n) is 19.2. The van der Waals surface area contributed by atoms with E-state index in [0.29, 0.717) is 50.7 Å². The van der Waals surface area contributed by atoms with E-state index in [-0.39, 0.29) is 55.0 Å². The summed E-state index contributed by atoms with van der Waals surface area (Å²) < 4.78 is 0. The molecule has 0 aliphatic carbocycles. The first-order valence-electron chi connectivity index (χ1n) is 9.52. The molecular formula is C20H38O8Ti2-2. The zero-order valence-corrected chi connectivity index (χ0v) is 22.3. The van der Waals surface area contributed by atoms with Crippen molar-refractivity contribution < 1.29 is 83.0 Å². The Labute approximate surface area is 211 Å². The van der Waals surface area contributed by atoms with Crippen LogP contribution in [0.25, 0.3) is 0 Å². The van der Waals surface area contributed by atoms with Crippen LogP contribution >= 0.6 is 0 Å². The summed E-state index contributed by atoms with van der Waals surface area (Å²) in [6, 6.07) is 0. The molecule has 0 aliphatic heterocycles. The van der Waals surface area contributed by atoms with Gasteiger partial charge in [-0.15, -0.1) is 0 Å². The van der Waals surface area contributed by atoms with Crippen LogP contribution in [-0.2, 0) is 62.6 Å². The number of Topliss-reactive ketones (excluding diaryl/α,β-unsaturated/α-hetero) is 2. The van der Waals surface area contributed by atoms with Crippen LogP contribution in [0.1, 0.15) is 80.1 Å². The third-order valence-corrected chi connectivity index (χ3v) is 2.47. The van der Waals surface area contributed by atoms with Crippen molar-refractivity contribution in [2.75, 3.05) is 13.2 Å². The van der Waals surface area contributed by atoms with Crippen LogP contribution in [0, 0.1) is 11.8 Å². The standard InChI is InChI=1S/2C6H10O3.2C4H10O.2Ti/c2*1-2-3-5(7)4-6(8)9;2*1-4(2)3-5;;/h2*2-4H2,1H3,(H,8,9);2*4-5H,3H2,1-2H3;;/p-2. The molecule has 0 heterocycles. The molecule has 0 amide bonds. The molecule has 0 rings (SSSR count).